The fourth-order valence-electron chi connectivity index (χ4n) is 3.13. The minimum absolute atomic E-state index is 0.0734. The first-order valence-corrected chi connectivity index (χ1v) is 10.0. The molecule has 6 nitrogen and oxygen atoms in total. The molecular weight excluding hydrogens is 380 g/mol. The molecule has 0 aliphatic rings. The second-order valence-electron chi connectivity index (χ2n) is 8.69. The summed E-state index contributed by atoms with van der Waals surface area (Å²) in [6.07, 6.45) is 0. The minimum Gasteiger partial charge on any atom is -0.493 e. The molecule has 6 heteroatoms. The van der Waals surface area contributed by atoms with E-state index >= 15 is 0 Å². The van der Waals surface area contributed by atoms with Crippen molar-refractivity contribution >= 4 is 11.8 Å². The van der Waals surface area contributed by atoms with Gasteiger partial charge in [0, 0.05) is 5.56 Å². The lowest BCUT2D eigenvalue weighted by molar-refractivity contribution is -0.119. The van der Waals surface area contributed by atoms with E-state index in [9.17, 15) is 9.59 Å². The van der Waals surface area contributed by atoms with Crippen LogP contribution in [0.3, 0.4) is 0 Å². The fourth-order valence-corrected chi connectivity index (χ4v) is 3.13. The van der Waals surface area contributed by atoms with Gasteiger partial charge in [-0.25, -0.2) is 0 Å². The van der Waals surface area contributed by atoms with Gasteiger partial charge in [-0.2, -0.15) is 0 Å². The number of hydrogen-bond donors (Lipinski definition) is 2. The number of nitrogens with one attached hydrogen (secondary N) is 1. The molecule has 30 heavy (non-hydrogen) atoms. The number of hydrogen-bond acceptors (Lipinski definition) is 4. The molecule has 1 atom stereocenters. The van der Waals surface area contributed by atoms with Crippen molar-refractivity contribution < 1.29 is 19.1 Å². The van der Waals surface area contributed by atoms with Crippen LogP contribution in [0.15, 0.2) is 42.5 Å². The van der Waals surface area contributed by atoms with Crippen molar-refractivity contribution in [1.82, 2.24) is 5.32 Å². The first-order chi connectivity index (χ1) is 14.0. The average Bonchev–Trinajstić information content (AvgIpc) is 2.69. The van der Waals surface area contributed by atoms with Crippen molar-refractivity contribution in [3.05, 3.63) is 59.2 Å². The molecule has 2 rings (SSSR count). The lowest BCUT2D eigenvalue weighted by Gasteiger charge is -2.25. The lowest BCUT2D eigenvalue weighted by Crippen LogP contribution is -2.31. The monoisotopic (exact) mass is 412 g/mol. The Morgan fingerprint density at radius 1 is 1.03 bits per heavy atom. The standard InChI is InChI=1S/C24H32N2O4/c1-15(2)22(16-7-10-18(11-8-16)24(3,4)5)26-23(28)17-9-12-19(20(13-17)29-6)30-14-21(25)27/h7-13,15,22H,14H2,1-6H3,(H2,25,27)(H,26,28). The average molecular weight is 413 g/mol. The molecule has 2 aromatic rings. The van der Waals surface area contributed by atoms with E-state index in [1.165, 1.54) is 12.7 Å². The Balaban J connectivity index is 2.21. The van der Waals surface area contributed by atoms with Crippen LogP contribution in [0.25, 0.3) is 0 Å². The Bertz CT molecular complexity index is 883. The maximum atomic E-state index is 12.9. The third-order valence-corrected chi connectivity index (χ3v) is 4.88. The molecule has 0 aliphatic carbocycles. The molecule has 2 amide bonds. The van der Waals surface area contributed by atoms with Crippen LogP contribution in [-0.4, -0.2) is 25.5 Å². The smallest absolute Gasteiger partial charge is 0.255 e. The SMILES string of the molecule is COc1cc(C(=O)NC(c2ccc(C(C)(C)C)cc2)C(C)C)ccc1OCC(N)=O. The van der Waals surface area contributed by atoms with Crippen molar-refractivity contribution in [3.63, 3.8) is 0 Å². The Morgan fingerprint density at radius 2 is 1.67 bits per heavy atom. The van der Waals surface area contributed by atoms with Crippen LogP contribution in [0.5, 0.6) is 11.5 Å². The molecule has 0 saturated heterocycles. The molecule has 3 N–H and O–H groups in total. The number of carbonyl (C=O) groups is 2. The van der Waals surface area contributed by atoms with Crippen LogP contribution in [0.2, 0.25) is 0 Å². The topological polar surface area (TPSA) is 90.7 Å². The molecule has 0 radical (unpaired) electrons. The predicted octanol–water partition coefficient (Wildman–Crippen LogP) is 3.98. The second-order valence-corrected chi connectivity index (χ2v) is 8.69. The van der Waals surface area contributed by atoms with Gasteiger partial charge in [0.15, 0.2) is 18.1 Å². The maximum absolute atomic E-state index is 12.9. The largest absolute Gasteiger partial charge is 0.493 e. The molecule has 0 spiro atoms. The summed E-state index contributed by atoms with van der Waals surface area (Å²) in [5.74, 6) is 0.115. The van der Waals surface area contributed by atoms with Crippen LogP contribution < -0.4 is 20.5 Å². The summed E-state index contributed by atoms with van der Waals surface area (Å²) in [5.41, 5.74) is 7.93. The molecule has 1 unspecified atom stereocenters. The van der Waals surface area contributed by atoms with E-state index < -0.39 is 5.91 Å². The number of primary amides is 1. The molecule has 162 valence electrons. The highest BCUT2D eigenvalue weighted by Gasteiger charge is 2.21. The van der Waals surface area contributed by atoms with Crippen molar-refractivity contribution in [2.75, 3.05) is 13.7 Å². The molecule has 0 heterocycles. The van der Waals surface area contributed by atoms with Gasteiger partial charge in [0.05, 0.1) is 13.2 Å². The van der Waals surface area contributed by atoms with Crippen LogP contribution in [0.1, 0.15) is 62.1 Å². The number of benzene rings is 2. The summed E-state index contributed by atoms with van der Waals surface area (Å²) >= 11 is 0. The zero-order valence-corrected chi connectivity index (χ0v) is 18.6. The first kappa shape index (κ1) is 23.3. The molecule has 0 fully saturated rings. The van der Waals surface area contributed by atoms with Gasteiger partial charge in [-0.3, -0.25) is 9.59 Å². The molecule has 2 aromatic carbocycles. The normalized spacial score (nSPS) is 12.4. The van der Waals surface area contributed by atoms with E-state index in [0.717, 1.165) is 5.56 Å². The summed E-state index contributed by atoms with van der Waals surface area (Å²) < 4.78 is 10.6. The van der Waals surface area contributed by atoms with Crippen molar-refractivity contribution in [3.8, 4) is 11.5 Å². The quantitative estimate of drug-likeness (QED) is 0.686. The number of carbonyl (C=O) groups excluding carboxylic acids is 2. The highest BCUT2D eigenvalue weighted by Crippen LogP contribution is 2.30. The summed E-state index contributed by atoms with van der Waals surface area (Å²) in [7, 11) is 1.47. The van der Waals surface area contributed by atoms with Crippen LogP contribution in [0.4, 0.5) is 0 Å². The number of methoxy groups -OCH3 is 1. The number of rotatable bonds is 8. The fraction of sp³-hybridized carbons (Fsp3) is 0.417. The zero-order valence-electron chi connectivity index (χ0n) is 18.6. The Kier molecular flexibility index (Phi) is 7.48. The van der Waals surface area contributed by atoms with E-state index in [2.05, 4.69) is 64.2 Å². The van der Waals surface area contributed by atoms with Gasteiger partial charge >= 0.3 is 0 Å². The minimum atomic E-state index is -0.587. The maximum Gasteiger partial charge on any atom is 0.255 e. The van der Waals surface area contributed by atoms with E-state index in [-0.39, 0.29) is 29.9 Å². The summed E-state index contributed by atoms with van der Waals surface area (Å²) in [4.78, 5) is 23.9. The Labute approximate surface area is 178 Å². The van der Waals surface area contributed by atoms with Gasteiger partial charge in [0.1, 0.15) is 0 Å². The van der Waals surface area contributed by atoms with Gasteiger partial charge in [0.2, 0.25) is 0 Å². The van der Waals surface area contributed by atoms with Crippen molar-refractivity contribution in [2.45, 2.75) is 46.1 Å². The number of ether oxygens (including phenoxy) is 2. The van der Waals surface area contributed by atoms with E-state index in [1.807, 2.05) is 0 Å². The molecule has 0 bridgehead atoms. The highest BCUT2D eigenvalue weighted by atomic mass is 16.5. The number of nitrogens with two attached hydrogens (primary N) is 1. The Hall–Kier alpha value is -3.02. The predicted molar refractivity (Wildman–Crippen MR) is 118 cm³/mol. The molecule has 0 aliphatic heterocycles. The molecule has 0 saturated carbocycles. The highest BCUT2D eigenvalue weighted by molar-refractivity contribution is 5.95. The van der Waals surface area contributed by atoms with E-state index in [4.69, 9.17) is 15.2 Å². The van der Waals surface area contributed by atoms with Crippen LogP contribution in [-0.2, 0) is 10.2 Å². The zero-order chi connectivity index (χ0) is 22.5. The van der Waals surface area contributed by atoms with Gasteiger partial charge < -0.3 is 20.5 Å². The van der Waals surface area contributed by atoms with Gasteiger partial charge in [-0.15, -0.1) is 0 Å². The van der Waals surface area contributed by atoms with E-state index in [1.54, 1.807) is 18.2 Å². The first-order valence-electron chi connectivity index (χ1n) is 10.0. The summed E-state index contributed by atoms with van der Waals surface area (Å²) in [6.45, 7) is 10.4. The van der Waals surface area contributed by atoms with Crippen LogP contribution >= 0.6 is 0 Å². The Morgan fingerprint density at radius 3 is 2.17 bits per heavy atom. The van der Waals surface area contributed by atoms with Gasteiger partial charge in [-0.1, -0.05) is 58.9 Å². The summed E-state index contributed by atoms with van der Waals surface area (Å²) in [5, 5.41) is 3.12. The number of amides is 2. The second kappa shape index (κ2) is 9.65. The lowest BCUT2D eigenvalue weighted by atomic mass is 9.85. The molecule has 0 aromatic heterocycles. The van der Waals surface area contributed by atoms with E-state index in [0.29, 0.717) is 17.1 Å². The molecular formula is C24H32N2O4. The van der Waals surface area contributed by atoms with Crippen molar-refractivity contribution in [2.24, 2.45) is 11.7 Å². The van der Waals surface area contributed by atoms with Gasteiger partial charge in [-0.05, 0) is 40.7 Å². The summed E-state index contributed by atoms with van der Waals surface area (Å²) in [6, 6.07) is 13.1. The van der Waals surface area contributed by atoms with Crippen molar-refractivity contribution in [1.29, 1.82) is 0 Å². The van der Waals surface area contributed by atoms with Crippen LogP contribution in [0, 0.1) is 5.92 Å². The van der Waals surface area contributed by atoms with Gasteiger partial charge in [0.25, 0.3) is 11.8 Å². The third kappa shape index (κ3) is 5.99. The third-order valence-electron chi connectivity index (χ3n) is 4.88.